The molecule has 0 radical (unpaired) electrons. The largest absolute Gasteiger partial charge is 0.338 e. The highest BCUT2D eigenvalue weighted by atomic mass is 32.2. The van der Waals surface area contributed by atoms with E-state index in [9.17, 15) is 13.2 Å². The van der Waals surface area contributed by atoms with Crippen LogP contribution in [0.3, 0.4) is 0 Å². The van der Waals surface area contributed by atoms with Crippen LogP contribution in [-0.4, -0.2) is 39.0 Å². The molecule has 146 valence electrons. The summed E-state index contributed by atoms with van der Waals surface area (Å²) in [4.78, 5) is 11.8. The molecule has 6 heteroatoms. The first-order valence-electron chi connectivity index (χ1n) is 9.47. The van der Waals surface area contributed by atoms with Crippen molar-refractivity contribution in [3.8, 4) is 0 Å². The van der Waals surface area contributed by atoms with Crippen molar-refractivity contribution in [3.05, 3.63) is 35.4 Å². The van der Waals surface area contributed by atoms with E-state index >= 15 is 0 Å². The van der Waals surface area contributed by atoms with Gasteiger partial charge in [-0.25, -0.2) is 13.2 Å². The zero-order valence-corrected chi connectivity index (χ0v) is 17.0. The molecule has 1 saturated heterocycles. The number of amides is 2. The Bertz CT molecular complexity index is 691. The smallest absolute Gasteiger partial charge is 0.314 e. The predicted octanol–water partition coefficient (Wildman–Crippen LogP) is 3.04. The third kappa shape index (κ3) is 6.98. The molecule has 1 unspecified atom stereocenters. The summed E-state index contributed by atoms with van der Waals surface area (Å²) in [6.07, 6.45) is 3.25. The van der Waals surface area contributed by atoms with Gasteiger partial charge >= 0.3 is 6.03 Å². The van der Waals surface area contributed by atoms with Crippen molar-refractivity contribution in [1.29, 1.82) is 0 Å². The second-order valence-electron chi connectivity index (χ2n) is 8.29. The van der Waals surface area contributed by atoms with Crippen molar-refractivity contribution in [3.63, 3.8) is 0 Å². The average molecular weight is 381 g/mol. The van der Waals surface area contributed by atoms with Crippen molar-refractivity contribution < 1.29 is 13.2 Å². The van der Waals surface area contributed by atoms with Gasteiger partial charge in [0.2, 0.25) is 0 Å². The van der Waals surface area contributed by atoms with Crippen molar-refractivity contribution in [2.75, 3.05) is 24.6 Å². The van der Waals surface area contributed by atoms with Crippen LogP contribution in [0.4, 0.5) is 4.79 Å². The first-order chi connectivity index (χ1) is 12.2. The summed E-state index contributed by atoms with van der Waals surface area (Å²) in [5, 5.41) is 5.71. The lowest BCUT2D eigenvalue weighted by Gasteiger charge is -2.19. The van der Waals surface area contributed by atoms with Gasteiger partial charge < -0.3 is 10.6 Å². The summed E-state index contributed by atoms with van der Waals surface area (Å²) >= 11 is 0. The van der Waals surface area contributed by atoms with Crippen LogP contribution in [0.5, 0.6) is 0 Å². The highest BCUT2D eigenvalue weighted by Crippen LogP contribution is 2.23. The number of carbonyl (C=O) groups is 1. The Kier molecular flexibility index (Phi) is 7.09. The van der Waals surface area contributed by atoms with E-state index in [1.54, 1.807) is 0 Å². The molecule has 0 spiro atoms. The van der Waals surface area contributed by atoms with E-state index in [0.717, 1.165) is 25.7 Å². The summed E-state index contributed by atoms with van der Waals surface area (Å²) in [7, 11) is -2.80. The van der Waals surface area contributed by atoms with E-state index in [2.05, 4.69) is 55.7 Å². The van der Waals surface area contributed by atoms with Crippen LogP contribution in [0.25, 0.3) is 0 Å². The molecule has 2 amide bonds. The van der Waals surface area contributed by atoms with Gasteiger partial charge in [0.1, 0.15) is 0 Å². The molecule has 0 aliphatic carbocycles. The number of urea groups is 1. The molecule has 1 aliphatic rings. The predicted molar refractivity (Wildman–Crippen MR) is 106 cm³/mol. The van der Waals surface area contributed by atoms with E-state index in [1.807, 2.05) is 0 Å². The Morgan fingerprint density at radius 3 is 2.35 bits per heavy atom. The number of rotatable bonds is 7. The van der Waals surface area contributed by atoms with E-state index < -0.39 is 9.84 Å². The molecule has 0 aromatic heterocycles. The zero-order chi connectivity index (χ0) is 19.2. The van der Waals surface area contributed by atoms with E-state index in [0.29, 0.717) is 24.6 Å². The highest BCUT2D eigenvalue weighted by molar-refractivity contribution is 7.91. The third-order valence-electron chi connectivity index (χ3n) is 4.92. The standard InChI is InChI=1S/C20H32N2O3S/c1-20(2,3)18-8-6-16(7-9-18)10-13-22-19(23)21-12-4-5-17-11-14-26(24,25)15-17/h6-9,17H,4-5,10-15H2,1-3H3,(H2,21,22,23). The Balaban J connectivity index is 1.57. The minimum atomic E-state index is -2.80. The van der Waals surface area contributed by atoms with Crippen LogP contribution in [0.1, 0.15) is 51.2 Å². The zero-order valence-electron chi connectivity index (χ0n) is 16.2. The van der Waals surface area contributed by atoms with Gasteiger partial charge in [0, 0.05) is 13.1 Å². The van der Waals surface area contributed by atoms with E-state index in [1.165, 1.54) is 11.1 Å². The fraction of sp³-hybridized carbons (Fsp3) is 0.650. The highest BCUT2D eigenvalue weighted by Gasteiger charge is 2.27. The number of hydrogen-bond donors (Lipinski definition) is 2. The lowest BCUT2D eigenvalue weighted by molar-refractivity contribution is 0.240. The number of carbonyl (C=O) groups excluding carboxylic acids is 1. The van der Waals surface area contributed by atoms with E-state index in [4.69, 9.17) is 0 Å². The van der Waals surface area contributed by atoms with Crippen molar-refractivity contribution in [2.45, 2.75) is 51.9 Å². The number of benzene rings is 1. The number of nitrogens with one attached hydrogen (secondary N) is 2. The number of hydrogen-bond acceptors (Lipinski definition) is 3. The molecule has 1 atom stereocenters. The maximum atomic E-state index is 11.8. The fourth-order valence-corrected chi connectivity index (χ4v) is 5.16. The third-order valence-corrected chi connectivity index (χ3v) is 6.76. The average Bonchev–Trinajstić information content (AvgIpc) is 2.90. The van der Waals surface area contributed by atoms with Gasteiger partial charge in [-0.1, -0.05) is 45.0 Å². The lowest BCUT2D eigenvalue weighted by Crippen LogP contribution is -2.37. The molecule has 26 heavy (non-hydrogen) atoms. The monoisotopic (exact) mass is 380 g/mol. The minimum Gasteiger partial charge on any atom is -0.338 e. The Morgan fingerprint density at radius 2 is 1.77 bits per heavy atom. The van der Waals surface area contributed by atoms with Gasteiger partial charge in [-0.15, -0.1) is 0 Å². The maximum Gasteiger partial charge on any atom is 0.314 e. The summed E-state index contributed by atoms with van der Waals surface area (Å²) < 4.78 is 22.8. The molecule has 2 rings (SSSR count). The van der Waals surface area contributed by atoms with Crippen LogP contribution in [-0.2, 0) is 21.7 Å². The SMILES string of the molecule is CC(C)(C)c1ccc(CCNC(=O)NCCCC2CCS(=O)(=O)C2)cc1. The van der Waals surface area contributed by atoms with Crippen LogP contribution in [0, 0.1) is 5.92 Å². The summed E-state index contributed by atoms with van der Waals surface area (Å²) in [5.41, 5.74) is 2.67. The fourth-order valence-electron chi connectivity index (χ4n) is 3.25. The molecule has 1 aromatic rings. The maximum absolute atomic E-state index is 11.8. The lowest BCUT2D eigenvalue weighted by atomic mass is 9.86. The molecule has 1 aliphatic heterocycles. The topological polar surface area (TPSA) is 75.3 Å². The van der Waals surface area contributed by atoms with Gasteiger partial charge in [-0.2, -0.15) is 0 Å². The number of sulfone groups is 1. The van der Waals surface area contributed by atoms with Gasteiger partial charge in [0.15, 0.2) is 9.84 Å². The minimum absolute atomic E-state index is 0.152. The van der Waals surface area contributed by atoms with Crippen LogP contribution >= 0.6 is 0 Å². The first kappa shape index (κ1) is 20.7. The van der Waals surface area contributed by atoms with E-state index in [-0.39, 0.29) is 17.4 Å². The molecule has 1 heterocycles. The van der Waals surface area contributed by atoms with Gasteiger partial charge in [-0.3, -0.25) is 0 Å². The molecular formula is C20H32N2O3S. The second kappa shape index (κ2) is 8.89. The summed E-state index contributed by atoms with van der Waals surface area (Å²) in [6.45, 7) is 7.77. The molecule has 0 saturated carbocycles. The van der Waals surface area contributed by atoms with Gasteiger partial charge in [-0.05, 0) is 48.1 Å². The second-order valence-corrected chi connectivity index (χ2v) is 10.5. The van der Waals surface area contributed by atoms with Crippen LogP contribution in [0.15, 0.2) is 24.3 Å². The Morgan fingerprint density at radius 1 is 1.12 bits per heavy atom. The van der Waals surface area contributed by atoms with Gasteiger partial charge in [0.25, 0.3) is 0 Å². The molecule has 0 bridgehead atoms. The van der Waals surface area contributed by atoms with Crippen LogP contribution < -0.4 is 10.6 Å². The first-order valence-corrected chi connectivity index (χ1v) is 11.3. The Hall–Kier alpha value is -1.56. The molecule has 5 nitrogen and oxygen atoms in total. The summed E-state index contributed by atoms with van der Waals surface area (Å²) in [5.74, 6) is 0.899. The molecule has 1 aromatic carbocycles. The quantitative estimate of drug-likeness (QED) is 0.714. The van der Waals surface area contributed by atoms with Crippen molar-refractivity contribution in [2.24, 2.45) is 5.92 Å². The molecule has 2 N–H and O–H groups in total. The van der Waals surface area contributed by atoms with Crippen molar-refractivity contribution in [1.82, 2.24) is 10.6 Å². The molecular weight excluding hydrogens is 348 g/mol. The van der Waals surface area contributed by atoms with Crippen molar-refractivity contribution >= 4 is 15.9 Å². The van der Waals surface area contributed by atoms with Crippen LogP contribution in [0.2, 0.25) is 0 Å². The molecule has 1 fully saturated rings. The Labute approximate surface area is 157 Å². The van der Waals surface area contributed by atoms with Gasteiger partial charge in [0.05, 0.1) is 11.5 Å². The summed E-state index contributed by atoms with van der Waals surface area (Å²) in [6, 6.07) is 8.39. The normalized spacial score (nSPS) is 19.3.